The number of carbonyl (C=O) groups is 2. The number of aromatic nitrogens is 1. The lowest BCUT2D eigenvalue weighted by molar-refractivity contribution is -0.131. The van der Waals surface area contributed by atoms with Crippen molar-refractivity contribution in [3.8, 4) is 28.5 Å². The summed E-state index contributed by atoms with van der Waals surface area (Å²) in [6.45, 7) is 2.95. The Morgan fingerprint density at radius 1 is 1.17 bits per heavy atom. The van der Waals surface area contributed by atoms with Gasteiger partial charge in [-0.05, 0) is 35.9 Å². The van der Waals surface area contributed by atoms with Crippen LogP contribution in [0.15, 0.2) is 52.9 Å². The molecule has 152 valence electrons. The van der Waals surface area contributed by atoms with Gasteiger partial charge in [0.2, 0.25) is 17.8 Å². The highest BCUT2D eigenvalue weighted by molar-refractivity contribution is 7.14. The van der Waals surface area contributed by atoms with Crippen LogP contribution in [-0.2, 0) is 9.59 Å². The molecule has 9 heteroatoms. The molecule has 0 spiro atoms. The summed E-state index contributed by atoms with van der Waals surface area (Å²) in [6.07, 6.45) is 1.56. The third-order valence-electron chi connectivity index (χ3n) is 4.08. The topological polar surface area (TPSA) is 90.3 Å². The van der Waals surface area contributed by atoms with Crippen LogP contribution in [0.25, 0.3) is 11.3 Å². The second kappa shape index (κ2) is 8.34. The minimum atomic E-state index is -0.397. The molecule has 3 aromatic rings. The molecule has 0 radical (unpaired) electrons. The van der Waals surface area contributed by atoms with E-state index in [1.54, 1.807) is 36.5 Å². The number of thiazole rings is 1. The van der Waals surface area contributed by atoms with Crippen LogP contribution in [0.2, 0.25) is 0 Å². The van der Waals surface area contributed by atoms with Crippen molar-refractivity contribution in [3.63, 3.8) is 0 Å². The van der Waals surface area contributed by atoms with Crippen molar-refractivity contribution in [1.82, 2.24) is 4.98 Å². The Hall–Kier alpha value is -3.72. The van der Waals surface area contributed by atoms with Gasteiger partial charge in [0.25, 0.3) is 0 Å². The molecule has 0 unspecified atom stereocenters. The number of hydrogen-bond acceptors (Lipinski definition) is 8. The van der Waals surface area contributed by atoms with Crippen LogP contribution in [0, 0.1) is 0 Å². The maximum atomic E-state index is 12.2. The largest absolute Gasteiger partial charge is 0.454 e. The third kappa shape index (κ3) is 4.31. The Kier molecular flexibility index (Phi) is 5.44. The van der Waals surface area contributed by atoms with Crippen LogP contribution in [0.5, 0.6) is 17.2 Å². The molecular formula is C21H17N3O5S. The van der Waals surface area contributed by atoms with Gasteiger partial charge >= 0.3 is 5.97 Å². The number of ether oxygens (including phenoxy) is 3. The lowest BCUT2D eigenvalue weighted by atomic mass is 10.2. The van der Waals surface area contributed by atoms with E-state index >= 15 is 0 Å². The van der Waals surface area contributed by atoms with Gasteiger partial charge in [0, 0.05) is 24.8 Å². The van der Waals surface area contributed by atoms with E-state index in [-0.39, 0.29) is 12.7 Å². The molecule has 8 nitrogen and oxygen atoms in total. The second-order valence-corrected chi connectivity index (χ2v) is 7.16. The Balaban J connectivity index is 1.56. The van der Waals surface area contributed by atoms with E-state index in [9.17, 15) is 9.59 Å². The van der Waals surface area contributed by atoms with Crippen LogP contribution in [0.4, 0.5) is 5.13 Å². The number of fused-ring (bicyclic) bond motifs is 1. The van der Waals surface area contributed by atoms with Crippen LogP contribution in [-0.4, -0.2) is 29.9 Å². The molecule has 30 heavy (non-hydrogen) atoms. The molecule has 0 N–H and O–H groups in total. The number of benzene rings is 2. The van der Waals surface area contributed by atoms with Crippen molar-refractivity contribution < 1.29 is 23.8 Å². The predicted molar refractivity (Wildman–Crippen MR) is 112 cm³/mol. The molecule has 1 aromatic heterocycles. The molecule has 2 aromatic carbocycles. The van der Waals surface area contributed by atoms with E-state index in [1.165, 1.54) is 30.2 Å². The third-order valence-corrected chi connectivity index (χ3v) is 4.90. The van der Waals surface area contributed by atoms with Crippen LogP contribution >= 0.6 is 11.3 Å². The number of amides is 1. The molecule has 2 heterocycles. The van der Waals surface area contributed by atoms with Gasteiger partial charge in [-0.3, -0.25) is 9.59 Å². The van der Waals surface area contributed by atoms with E-state index in [0.717, 1.165) is 11.1 Å². The van der Waals surface area contributed by atoms with Crippen molar-refractivity contribution in [2.24, 2.45) is 5.10 Å². The highest BCUT2D eigenvalue weighted by Crippen LogP contribution is 2.32. The summed E-state index contributed by atoms with van der Waals surface area (Å²) in [7, 11) is 0. The zero-order valence-electron chi connectivity index (χ0n) is 16.2. The molecule has 0 bridgehead atoms. The van der Waals surface area contributed by atoms with Gasteiger partial charge in [-0.15, -0.1) is 11.3 Å². The average Bonchev–Trinajstić information content (AvgIpc) is 3.37. The zero-order valence-corrected chi connectivity index (χ0v) is 17.0. The summed E-state index contributed by atoms with van der Waals surface area (Å²) in [4.78, 5) is 27.8. The van der Waals surface area contributed by atoms with Crippen LogP contribution in [0.1, 0.15) is 19.4 Å². The van der Waals surface area contributed by atoms with E-state index in [1.807, 2.05) is 17.5 Å². The van der Waals surface area contributed by atoms with Crippen LogP contribution < -0.4 is 19.2 Å². The van der Waals surface area contributed by atoms with Gasteiger partial charge in [0.05, 0.1) is 11.9 Å². The average molecular weight is 423 g/mol. The van der Waals surface area contributed by atoms with Gasteiger partial charge in [0.15, 0.2) is 11.5 Å². The Labute approximate surface area is 176 Å². The molecule has 1 amide bonds. The monoisotopic (exact) mass is 423 g/mol. The van der Waals surface area contributed by atoms with Gasteiger partial charge in [-0.2, -0.15) is 10.1 Å². The zero-order chi connectivity index (χ0) is 21.1. The quantitative estimate of drug-likeness (QED) is 0.268. The molecule has 1 aliphatic rings. The first-order valence-electron chi connectivity index (χ1n) is 8.98. The fourth-order valence-electron chi connectivity index (χ4n) is 2.76. The molecule has 0 saturated carbocycles. The first-order chi connectivity index (χ1) is 14.5. The van der Waals surface area contributed by atoms with E-state index in [2.05, 4.69) is 10.1 Å². The number of hydrazone groups is 1. The SMILES string of the molecule is CC(=O)Oc1cccc(-c2csc(N(/N=C\c3ccc4c(c3)OCO4)C(C)=O)n2)c1. The van der Waals surface area contributed by atoms with E-state index in [0.29, 0.717) is 28.1 Å². The smallest absolute Gasteiger partial charge is 0.308 e. The fraction of sp³-hybridized carbons (Fsp3) is 0.143. The number of hydrogen-bond donors (Lipinski definition) is 0. The van der Waals surface area contributed by atoms with E-state index in [4.69, 9.17) is 14.2 Å². The first-order valence-corrected chi connectivity index (χ1v) is 9.86. The highest BCUT2D eigenvalue weighted by atomic mass is 32.1. The molecule has 4 rings (SSSR count). The maximum Gasteiger partial charge on any atom is 0.308 e. The van der Waals surface area contributed by atoms with E-state index < -0.39 is 5.97 Å². The predicted octanol–water partition coefficient (Wildman–Crippen LogP) is 3.85. The Morgan fingerprint density at radius 2 is 2.00 bits per heavy atom. The number of rotatable bonds is 5. The number of nitrogens with zero attached hydrogens (tertiary/aromatic N) is 3. The normalized spacial score (nSPS) is 12.2. The molecule has 0 fully saturated rings. The standard InChI is InChI=1S/C21H17N3O5S/c1-13(25)24(22-10-15-6-7-19-20(8-15)28-12-27-19)21-23-18(11-30-21)16-4-3-5-17(9-16)29-14(2)26/h3-11H,12H2,1-2H3/b22-10-. The Morgan fingerprint density at radius 3 is 2.80 bits per heavy atom. The van der Waals surface area contributed by atoms with Gasteiger partial charge in [-0.1, -0.05) is 12.1 Å². The number of anilines is 1. The molecule has 0 saturated heterocycles. The fourth-order valence-corrected chi connectivity index (χ4v) is 3.59. The minimum absolute atomic E-state index is 0.191. The van der Waals surface area contributed by atoms with Gasteiger partial charge < -0.3 is 14.2 Å². The molecule has 0 atom stereocenters. The summed E-state index contributed by atoms with van der Waals surface area (Å²) < 4.78 is 15.8. The lowest BCUT2D eigenvalue weighted by Crippen LogP contribution is -2.22. The first kappa shape index (κ1) is 19.6. The summed E-state index contributed by atoms with van der Waals surface area (Å²) in [5.74, 6) is 1.07. The summed E-state index contributed by atoms with van der Waals surface area (Å²) in [6, 6.07) is 12.4. The second-order valence-electron chi connectivity index (χ2n) is 6.32. The number of esters is 1. The van der Waals surface area contributed by atoms with Crippen LogP contribution in [0.3, 0.4) is 0 Å². The Bertz CT molecular complexity index is 1140. The number of carbonyl (C=O) groups excluding carboxylic acids is 2. The van der Waals surface area contributed by atoms with Crippen molar-refractivity contribution in [2.45, 2.75) is 13.8 Å². The van der Waals surface area contributed by atoms with Gasteiger partial charge in [-0.25, -0.2) is 4.98 Å². The highest BCUT2D eigenvalue weighted by Gasteiger charge is 2.17. The van der Waals surface area contributed by atoms with Crippen molar-refractivity contribution in [2.75, 3.05) is 11.8 Å². The van der Waals surface area contributed by atoms with Crippen molar-refractivity contribution in [3.05, 3.63) is 53.4 Å². The summed E-state index contributed by atoms with van der Waals surface area (Å²) in [5, 5.41) is 7.76. The maximum absolute atomic E-state index is 12.2. The minimum Gasteiger partial charge on any atom is -0.454 e. The molecule has 0 aliphatic carbocycles. The van der Waals surface area contributed by atoms with Gasteiger partial charge in [0.1, 0.15) is 5.75 Å². The molecule has 1 aliphatic heterocycles. The summed E-state index contributed by atoms with van der Waals surface area (Å²) in [5.41, 5.74) is 2.17. The molecular weight excluding hydrogens is 406 g/mol. The lowest BCUT2D eigenvalue weighted by Gasteiger charge is -2.10. The van der Waals surface area contributed by atoms with Crippen molar-refractivity contribution >= 4 is 34.6 Å². The summed E-state index contributed by atoms with van der Waals surface area (Å²) >= 11 is 1.28. The van der Waals surface area contributed by atoms with Crippen molar-refractivity contribution in [1.29, 1.82) is 0 Å².